The number of carbonyl (C=O) groups is 2. The molecular formula is C19H17F2N3O2S. The second-order valence-corrected chi connectivity index (χ2v) is 6.95. The van der Waals surface area contributed by atoms with Crippen LogP contribution in [0.2, 0.25) is 0 Å². The molecule has 0 radical (unpaired) electrons. The SMILES string of the molecule is O=C(CNC(=O)c1ccc(F)cc1F)NCCCc1nc2ccccc2s1. The second-order valence-electron chi connectivity index (χ2n) is 5.84. The van der Waals surface area contributed by atoms with Crippen LogP contribution in [0.3, 0.4) is 0 Å². The first-order valence-corrected chi connectivity index (χ1v) is 9.19. The van der Waals surface area contributed by atoms with Crippen molar-refractivity contribution in [3.05, 3.63) is 64.7 Å². The Hall–Kier alpha value is -2.87. The molecule has 3 aromatic rings. The Bertz CT molecular complexity index is 941. The van der Waals surface area contributed by atoms with E-state index in [2.05, 4.69) is 15.6 Å². The van der Waals surface area contributed by atoms with E-state index < -0.39 is 17.5 Å². The summed E-state index contributed by atoms with van der Waals surface area (Å²) in [5.41, 5.74) is 0.664. The van der Waals surface area contributed by atoms with E-state index in [-0.39, 0.29) is 18.0 Å². The summed E-state index contributed by atoms with van der Waals surface area (Å²) >= 11 is 1.63. The Balaban J connectivity index is 1.38. The highest BCUT2D eigenvalue weighted by Crippen LogP contribution is 2.22. The lowest BCUT2D eigenvalue weighted by Crippen LogP contribution is -2.37. The van der Waals surface area contributed by atoms with E-state index >= 15 is 0 Å². The molecule has 0 saturated heterocycles. The molecule has 1 heterocycles. The quantitative estimate of drug-likeness (QED) is 0.610. The van der Waals surface area contributed by atoms with Crippen LogP contribution in [0.1, 0.15) is 21.8 Å². The van der Waals surface area contributed by atoms with Gasteiger partial charge in [0.1, 0.15) is 11.6 Å². The van der Waals surface area contributed by atoms with Crippen molar-refractivity contribution in [3.63, 3.8) is 0 Å². The highest BCUT2D eigenvalue weighted by molar-refractivity contribution is 7.18. The summed E-state index contributed by atoms with van der Waals surface area (Å²) in [6.45, 7) is 0.159. The lowest BCUT2D eigenvalue weighted by atomic mass is 10.2. The number of aryl methyl sites for hydroxylation is 1. The van der Waals surface area contributed by atoms with Crippen LogP contribution in [0.15, 0.2) is 42.5 Å². The molecule has 0 bridgehead atoms. The molecule has 0 atom stereocenters. The van der Waals surface area contributed by atoms with Gasteiger partial charge in [-0.1, -0.05) is 12.1 Å². The number of thiazole rings is 1. The van der Waals surface area contributed by atoms with E-state index in [9.17, 15) is 18.4 Å². The van der Waals surface area contributed by atoms with Gasteiger partial charge in [-0.25, -0.2) is 13.8 Å². The zero-order chi connectivity index (χ0) is 19.2. The number of para-hydroxylation sites is 1. The van der Waals surface area contributed by atoms with Crippen molar-refractivity contribution in [1.82, 2.24) is 15.6 Å². The summed E-state index contributed by atoms with van der Waals surface area (Å²) in [7, 11) is 0. The molecule has 0 fully saturated rings. The Labute approximate surface area is 158 Å². The van der Waals surface area contributed by atoms with E-state index in [0.29, 0.717) is 19.0 Å². The number of hydrogen-bond donors (Lipinski definition) is 2. The molecule has 1 aromatic heterocycles. The molecule has 2 N–H and O–H groups in total. The lowest BCUT2D eigenvalue weighted by molar-refractivity contribution is -0.120. The summed E-state index contributed by atoms with van der Waals surface area (Å²) in [5, 5.41) is 6.00. The van der Waals surface area contributed by atoms with Gasteiger partial charge in [0.05, 0.1) is 27.3 Å². The molecule has 0 saturated carbocycles. The van der Waals surface area contributed by atoms with Crippen molar-refractivity contribution in [3.8, 4) is 0 Å². The van der Waals surface area contributed by atoms with Crippen molar-refractivity contribution < 1.29 is 18.4 Å². The number of nitrogens with one attached hydrogen (secondary N) is 2. The molecule has 27 heavy (non-hydrogen) atoms. The largest absolute Gasteiger partial charge is 0.355 e. The van der Waals surface area contributed by atoms with Crippen LogP contribution in [-0.2, 0) is 11.2 Å². The number of rotatable bonds is 7. The Morgan fingerprint density at radius 2 is 1.89 bits per heavy atom. The summed E-state index contributed by atoms with van der Waals surface area (Å²) in [5.74, 6) is -2.88. The first kappa shape index (κ1) is 18.9. The minimum Gasteiger partial charge on any atom is -0.355 e. The minimum atomic E-state index is -0.969. The second kappa shape index (κ2) is 8.68. The van der Waals surface area contributed by atoms with Gasteiger partial charge in [0.25, 0.3) is 5.91 Å². The molecular weight excluding hydrogens is 372 g/mol. The molecule has 5 nitrogen and oxygen atoms in total. The van der Waals surface area contributed by atoms with Crippen molar-refractivity contribution >= 4 is 33.4 Å². The minimum absolute atomic E-state index is 0.281. The fraction of sp³-hybridized carbons (Fsp3) is 0.211. The van der Waals surface area contributed by atoms with Crippen LogP contribution in [0.4, 0.5) is 8.78 Å². The molecule has 2 aromatic carbocycles. The summed E-state index contributed by atoms with van der Waals surface area (Å²) < 4.78 is 27.5. The van der Waals surface area contributed by atoms with Crippen LogP contribution in [0.25, 0.3) is 10.2 Å². The van der Waals surface area contributed by atoms with E-state index in [1.165, 1.54) is 0 Å². The third-order valence-corrected chi connectivity index (χ3v) is 4.91. The molecule has 140 valence electrons. The summed E-state index contributed by atoms with van der Waals surface area (Å²) in [6, 6.07) is 10.5. The highest BCUT2D eigenvalue weighted by Gasteiger charge is 2.13. The van der Waals surface area contributed by atoms with Gasteiger partial charge in [0.15, 0.2) is 0 Å². The number of carbonyl (C=O) groups excluding carboxylic acids is 2. The van der Waals surface area contributed by atoms with Gasteiger partial charge in [-0.2, -0.15) is 0 Å². The zero-order valence-electron chi connectivity index (χ0n) is 14.3. The summed E-state index contributed by atoms with van der Waals surface area (Å²) in [6.07, 6.45) is 1.46. The van der Waals surface area contributed by atoms with E-state index in [1.807, 2.05) is 24.3 Å². The molecule has 0 spiro atoms. The standard InChI is InChI=1S/C19H17F2N3O2S/c20-12-7-8-13(14(21)10-12)19(26)23-11-17(25)22-9-3-6-18-24-15-4-1-2-5-16(15)27-18/h1-2,4-5,7-8,10H,3,6,9,11H2,(H,22,25)(H,23,26). The van der Waals surface area contributed by atoms with Gasteiger partial charge in [-0.05, 0) is 30.7 Å². The van der Waals surface area contributed by atoms with E-state index in [1.54, 1.807) is 11.3 Å². The van der Waals surface area contributed by atoms with Gasteiger partial charge in [-0.15, -0.1) is 11.3 Å². The number of aromatic nitrogens is 1. The van der Waals surface area contributed by atoms with Gasteiger partial charge < -0.3 is 10.6 Å². The Morgan fingerprint density at radius 1 is 1.07 bits per heavy atom. The molecule has 2 amide bonds. The maximum atomic E-state index is 13.5. The maximum Gasteiger partial charge on any atom is 0.254 e. The average Bonchev–Trinajstić information content (AvgIpc) is 3.06. The summed E-state index contributed by atoms with van der Waals surface area (Å²) in [4.78, 5) is 28.1. The number of hydrogen-bond acceptors (Lipinski definition) is 4. The number of fused-ring (bicyclic) bond motifs is 1. The first-order valence-electron chi connectivity index (χ1n) is 8.37. The topological polar surface area (TPSA) is 71.1 Å². The smallest absolute Gasteiger partial charge is 0.254 e. The number of halogens is 2. The van der Waals surface area contributed by atoms with Crippen LogP contribution >= 0.6 is 11.3 Å². The third kappa shape index (κ3) is 5.07. The fourth-order valence-corrected chi connectivity index (χ4v) is 3.50. The van der Waals surface area contributed by atoms with Crippen molar-refractivity contribution in [1.29, 1.82) is 0 Å². The van der Waals surface area contributed by atoms with Gasteiger partial charge in [0, 0.05) is 19.0 Å². The van der Waals surface area contributed by atoms with Crippen LogP contribution in [0.5, 0.6) is 0 Å². The maximum absolute atomic E-state index is 13.5. The molecule has 0 aliphatic heterocycles. The van der Waals surface area contributed by atoms with Crippen molar-refractivity contribution in [2.75, 3.05) is 13.1 Å². The van der Waals surface area contributed by atoms with Crippen molar-refractivity contribution in [2.45, 2.75) is 12.8 Å². The van der Waals surface area contributed by atoms with Gasteiger partial charge in [-0.3, -0.25) is 9.59 Å². The van der Waals surface area contributed by atoms with Gasteiger partial charge in [0.2, 0.25) is 5.91 Å². The number of nitrogens with zero attached hydrogens (tertiary/aromatic N) is 1. The zero-order valence-corrected chi connectivity index (χ0v) is 15.1. The Morgan fingerprint density at radius 3 is 2.67 bits per heavy atom. The molecule has 0 aliphatic rings. The van der Waals surface area contributed by atoms with Crippen LogP contribution in [-0.4, -0.2) is 29.9 Å². The lowest BCUT2D eigenvalue weighted by Gasteiger charge is -2.07. The molecule has 3 rings (SSSR count). The van der Waals surface area contributed by atoms with Crippen molar-refractivity contribution in [2.24, 2.45) is 0 Å². The molecule has 8 heteroatoms. The van der Waals surface area contributed by atoms with Crippen LogP contribution < -0.4 is 10.6 Å². The average molecular weight is 389 g/mol. The fourth-order valence-electron chi connectivity index (χ4n) is 2.49. The first-order chi connectivity index (χ1) is 13.0. The highest BCUT2D eigenvalue weighted by atomic mass is 32.1. The predicted molar refractivity (Wildman–Crippen MR) is 99.6 cm³/mol. The monoisotopic (exact) mass is 389 g/mol. The predicted octanol–water partition coefficient (Wildman–Crippen LogP) is 3.05. The molecule has 0 unspecified atom stereocenters. The van der Waals surface area contributed by atoms with Gasteiger partial charge >= 0.3 is 0 Å². The number of amides is 2. The third-order valence-electron chi connectivity index (χ3n) is 3.81. The normalized spacial score (nSPS) is 10.7. The van der Waals surface area contributed by atoms with Crippen LogP contribution in [0, 0.1) is 11.6 Å². The molecule has 0 aliphatic carbocycles. The van der Waals surface area contributed by atoms with E-state index in [4.69, 9.17) is 0 Å². The Kier molecular flexibility index (Phi) is 6.08. The number of benzene rings is 2. The van der Waals surface area contributed by atoms with E-state index in [0.717, 1.165) is 33.8 Å².